The molecule has 1 aromatic carbocycles. The predicted molar refractivity (Wildman–Crippen MR) is 148 cm³/mol. The molecular weight excluding hydrogens is 531 g/mol. The maximum Gasteiger partial charge on any atom is 0.243 e. The fourth-order valence-electron chi connectivity index (χ4n) is 4.32. The molecule has 3 aromatic rings. The number of nitrogens with one attached hydrogen (secondary N) is 3. The van der Waals surface area contributed by atoms with Crippen LogP contribution < -0.4 is 25.4 Å². The summed E-state index contributed by atoms with van der Waals surface area (Å²) in [5.41, 5.74) is 1.02. The van der Waals surface area contributed by atoms with E-state index >= 15 is 0 Å². The Morgan fingerprint density at radius 2 is 1.82 bits per heavy atom. The first kappa shape index (κ1) is 26.3. The van der Waals surface area contributed by atoms with Gasteiger partial charge in [-0.3, -0.25) is 4.79 Å². The summed E-state index contributed by atoms with van der Waals surface area (Å²) in [6.07, 6.45) is 5.71. The van der Waals surface area contributed by atoms with Crippen molar-refractivity contribution in [2.45, 2.75) is 37.4 Å². The number of halogens is 2. The molecule has 2 atom stereocenters. The minimum Gasteiger partial charge on any atom is -0.495 e. The van der Waals surface area contributed by atoms with Gasteiger partial charge in [0.15, 0.2) is 5.82 Å². The minimum absolute atomic E-state index is 0.123. The highest BCUT2D eigenvalue weighted by molar-refractivity contribution is 6.41. The molecule has 0 radical (unpaired) electrons. The molecule has 3 heterocycles. The molecule has 1 saturated heterocycles. The lowest BCUT2D eigenvalue weighted by molar-refractivity contribution is -0.117. The normalized spacial score (nSPS) is 19.1. The number of aromatic nitrogens is 3. The molecule has 1 amide bonds. The van der Waals surface area contributed by atoms with Crippen molar-refractivity contribution in [1.29, 1.82) is 0 Å². The highest BCUT2D eigenvalue weighted by Crippen LogP contribution is 2.45. The standard InChI is InChI=1S/C26H28Cl2N6O4/c1-4-21(35)32-15-7-8-38-12-17(15)31-20-9-14-16(11-29-20)33-26(34-25(14)30-13-5-6-13)22-23(27)18(36-2)10-19(37-3)24(22)28/h4,9-11,13,15,17H,1,5-8,12H2,2-3H3,(H,29,31)(H,32,35)(H,30,33,34)/t15-,17+/m0/s1. The quantitative estimate of drug-likeness (QED) is 0.327. The number of ether oxygens (including phenoxy) is 3. The summed E-state index contributed by atoms with van der Waals surface area (Å²) in [6, 6.07) is 3.54. The number of amides is 1. The van der Waals surface area contributed by atoms with E-state index in [-0.39, 0.29) is 28.0 Å². The average molecular weight is 559 g/mol. The summed E-state index contributed by atoms with van der Waals surface area (Å²) in [6.45, 7) is 4.54. The Bertz CT molecular complexity index is 1360. The van der Waals surface area contributed by atoms with Gasteiger partial charge in [-0.05, 0) is 31.4 Å². The van der Waals surface area contributed by atoms with Crippen LogP contribution in [0.25, 0.3) is 22.3 Å². The van der Waals surface area contributed by atoms with Crippen LogP contribution in [-0.4, -0.2) is 66.4 Å². The Balaban J connectivity index is 1.54. The zero-order valence-electron chi connectivity index (χ0n) is 21.0. The van der Waals surface area contributed by atoms with Crippen LogP contribution in [0.15, 0.2) is 31.0 Å². The van der Waals surface area contributed by atoms with E-state index in [2.05, 4.69) is 27.5 Å². The Hall–Kier alpha value is -3.34. The van der Waals surface area contributed by atoms with Gasteiger partial charge < -0.3 is 30.2 Å². The molecular formula is C26H28Cl2N6O4. The van der Waals surface area contributed by atoms with Crippen molar-refractivity contribution in [1.82, 2.24) is 20.3 Å². The molecule has 0 bridgehead atoms. The summed E-state index contributed by atoms with van der Waals surface area (Å²) < 4.78 is 16.5. The number of fused-ring (bicyclic) bond motifs is 1. The number of anilines is 2. The molecule has 5 rings (SSSR count). The van der Waals surface area contributed by atoms with Gasteiger partial charge in [0.1, 0.15) is 23.1 Å². The van der Waals surface area contributed by atoms with E-state index in [1.54, 1.807) is 12.3 Å². The average Bonchev–Trinajstić information content (AvgIpc) is 3.74. The summed E-state index contributed by atoms with van der Waals surface area (Å²) in [5, 5.41) is 11.2. The number of carbonyl (C=O) groups is 1. The molecule has 10 nitrogen and oxygen atoms in total. The number of carbonyl (C=O) groups excluding carboxylic acids is 1. The molecule has 1 saturated carbocycles. The molecule has 1 aliphatic carbocycles. The first-order valence-corrected chi connectivity index (χ1v) is 13.0. The van der Waals surface area contributed by atoms with E-state index in [4.69, 9.17) is 47.4 Å². The van der Waals surface area contributed by atoms with Gasteiger partial charge >= 0.3 is 0 Å². The molecule has 12 heteroatoms. The van der Waals surface area contributed by atoms with Gasteiger partial charge in [0.25, 0.3) is 0 Å². The van der Waals surface area contributed by atoms with Gasteiger partial charge in [0, 0.05) is 24.1 Å². The van der Waals surface area contributed by atoms with Crippen molar-refractivity contribution >= 4 is 51.6 Å². The van der Waals surface area contributed by atoms with E-state index in [0.717, 1.165) is 18.2 Å². The fourth-order valence-corrected chi connectivity index (χ4v) is 4.99. The minimum atomic E-state index is -0.224. The van der Waals surface area contributed by atoms with Crippen LogP contribution in [0, 0.1) is 0 Å². The van der Waals surface area contributed by atoms with Gasteiger partial charge in [-0.15, -0.1) is 0 Å². The third-order valence-electron chi connectivity index (χ3n) is 6.50. The number of methoxy groups -OCH3 is 2. The third-order valence-corrected chi connectivity index (χ3v) is 7.25. The van der Waals surface area contributed by atoms with Crippen molar-refractivity contribution < 1.29 is 19.0 Å². The molecule has 200 valence electrons. The van der Waals surface area contributed by atoms with E-state index in [1.165, 1.54) is 20.3 Å². The zero-order chi connectivity index (χ0) is 26.8. The van der Waals surface area contributed by atoms with Gasteiger partial charge in [-0.1, -0.05) is 29.8 Å². The Morgan fingerprint density at radius 3 is 2.47 bits per heavy atom. The van der Waals surface area contributed by atoms with Crippen molar-refractivity contribution in [2.24, 2.45) is 0 Å². The lowest BCUT2D eigenvalue weighted by Gasteiger charge is -2.32. The Morgan fingerprint density at radius 1 is 1.08 bits per heavy atom. The van der Waals surface area contributed by atoms with Gasteiger partial charge in [0.05, 0.1) is 60.2 Å². The summed E-state index contributed by atoms with van der Waals surface area (Å²) in [7, 11) is 3.03. The van der Waals surface area contributed by atoms with E-state index in [1.807, 2.05) is 6.07 Å². The van der Waals surface area contributed by atoms with Crippen LogP contribution in [0.2, 0.25) is 10.0 Å². The number of nitrogens with zero attached hydrogens (tertiary/aromatic N) is 3. The second kappa shape index (κ2) is 11.2. The van der Waals surface area contributed by atoms with Crippen LogP contribution >= 0.6 is 23.2 Å². The largest absolute Gasteiger partial charge is 0.495 e. The summed E-state index contributed by atoms with van der Waals surface area (Å²) in [4.78, 5) is 26.1. The molecule has 1 aliphatic heterocycles. The topological polar surface area (TPSA) is 120 Å². The maximum atomic E-state index is 11.9. The van der Waals surface area contributed by atoms with Gasteiger partial charge in [-0.2, -0.15) is 0 Å². The van der Waals surface area contributed by atoms with Crippen molar-refractivity contribution in [3.8, 4) is 22.9 Å². The monoisotopic (exact) mass is 558 g/mol. The molecule has 2 aliphatic rings. The van der Waals surface area contributed by atoms with Crippen LogP contribution in [-0.2, 0) is 9.53 Å². The second-order valence-electron chi connectivity index (χ2n) is 9.12. The second-order valence-corrected chi connectivity index (χ2v) is 9.87. The van der Waals surface area contributed by atoms with Crippen LogP contribution in [0.3, 0.4) is 0 Å². The fraction of sp³-hybridized carbons (Fsp3) is 0.385. The highest BCUT2D eigenvalue weighted by atomic mass is 35.5. The smallest absolute Gasteiger partial charge is 0.243 e. The van der Waals surface area contributed by atoms with Crippen molar-refractivity contribution in [2.75, 3.05) is 38.1 Å². The number of hydrogen-bond donors (Lipinski definition) is 3. The van der Waals surface area contributed by atoms with E-state index in [9.17, 15) is 4.79 Å². The highest BCUT2D eigenvalue weighted by Gasteiger charge is 2.28. The SMILES string of the molecule is C=CC(=O)N[C@H]1CCOC[C@H]1Nc1cc2c(NC3CC3)nc(-c3c(Cl)c(OC)cc(OC)c3Cl)nc2cn1. The van der Waals surface area contributed by atoms with Crippen molar-refractivity contribution in [3.63, 3.8) is 0 Å². The van der Waals surface area contributed by atoms with Gasteiger partial charge in [0.2, 0.25) is 5.91 Å². The summed E-state index contributed by atoms with van der Waals surface area (Å²) in [5.74, 6) is 2.15. The van der Waals surface area contributed by atoms with Crippen LogP contribution in [0.1, 0.15) is 19.3 Å². The van der Waals surface area contributed by atoms with E-state index in [0.29, 0.717) is 65.7 Å². The number of rotatable bonds is 9. The maximum absolute atomic E-state index is 11.9. The van der Waals surface area contributed by atoms with E-state index < -0.39 is 0 Å². The lowest BCUT2D eigenvalue weighted by Crippen LogP contribution is -2.52. The Kier molecular flexibility index (Phi) is 7.73. The zero-order valence-corrected chi connectivity index (χ0v) is 22.5. The molecule has 3 N–H and O–H groups in total. The first-order chi connectivity index (χ1) is 18.4. The van der Waals surface area contributed by atoms with Crippen LogP contribution in [0.4, 0.5) is 11.6 Å². The lowest BCUT2D eigenvalue weighted by atomic mass is 10.0. The molecule has 38 heavy (non-hydrogen) atoms. The predicted octanol–water partition coefficient (Wildman–Crippen LogP) is 4.46. The van der Waals surface area contributed by atoms with Gasteiger partial charge in [-0.25, -0.2) is 15.0 Å². The summed E-state index contributed by atoms with van der Waals surface area (Å²) >= 11 is 13.3. The van der Waals surface area contributed by atoms with Crippen LogP contribution in [0.5, 0.6) is 11.5 Å². The Labute approximate surface area is 230 Å². The molecule has 2 fully saturated rings. The third kappa shape index (κ3) is 5.43. The molecule has 2 aromatic heterocycles. The molecule has 0 spiro atoms. The molecule has 0 unspecified atom stereocenters. The number of benzene rings is 1. The number of pyridine rings is 1. The number of hydrogen-bond acceptors (Lipinski definition) is 9. The first-order valence-electron chi connectivity index (χ1n) is 12.2. The van der Waals surface area contributed by atoms with Crippen molar-refractivity contribution in [3.05, 3.63) is 41.0 Å².